The third-order valence-corrected chi connectivity index (χ3v) is 3.36. The average molecular weight is 295 g/mol. The first-order valence-electron chi connectivity index (χ1n) is 6.65. The molecule has 0 amide bonds. The zero-order valence-electron chi connectivity index (χ0n) is 11.2. The standard InChI is InChI=1S/C12H16N.C5H5.Fe/c1-2-9-13-10-5-8-12(13)11-6-3-4-7-11;1-2-4-5-3-1;/h2-4,6-7,12H,1,5,8-10H2;1-5H;/q;;+2/t12-;;/m1../s1. The number of hydrogen-bond acceptors (Lipinski definition) is 1. The summed E-state index contributed by atoms with van der Waals surface area (Å²) >= 11 is 0. The van der Waals surface area contributed by atoms with Crippen molar-refractivity contribution < 1.29 is 17.1 Å². The van der Waals surface area contributed by atoms with E-state index in [1.54, 1.807) is 0 Å². The fourth-order valence-electron chi connectivity index (χ4n) is 2.52. The van der Waals surface area contributed by atoms with Gasteiger partial charge in [0.15, 0.2) is 0 Å². The largest absolute Gasteiger partial charge is 2.00 e. The van der Waals surface area contributed by atoms with Crippen LogP contribution in [0.4, 0.5) is 0 Å². The first-order valence-corrected chi connectivity index (χ1v) is 6.65. The molecule has 2 heteroatoms. The van der Waals surface area contributed by atoms with Crippen LogP contribution in [0.1, 0.15) is 12.8 Å². The van der Waals surface area contributed by atoms with Gasteiger partial charge >= 0.3 is 17.1 Å². The minimum Gasteiger partial charge on any atom is -0.296 e. The predicted molar refractivity (Wildman–Crippen MR) is 76.7 cm³/mol. The first-order chi connectivity index (χ1) is 8.92. The first kappa shape index (κ1) is 17.3. The molecule has 1 aliphatic heterocycles. The van der Waals surface area contributed by atoms with Crippen molar-refractivity contribution in [2.24, 2.45) is 0 Å². The van der Waals surface area contributed by atoms with E-state index in [1.807, 2.05) is 38.2 Å². The summed E-state index contributed by atoms with van der Waals surface area (Å²) in [5.41, 5.74) is 0. The topological polar surface area (TPSA) is 3.24 Å². The number of likely N-dealkylation sites (tertiary alicyclic amines) is 1. The number of hydrogen-bond donors (Lipinski definition) is 0. The SMILES string of the molecule is C=CCN1CCC[C@@H]1[C]1[CH][CH][CH][CH]1.[CH]1[CH][CH][CH][CH]1.[Fe+2]. The molecule has 3 aliphatic rings. The summed E-state index contributed by atoms with van der Waals surface area (Å²) in [4.78, 5) is 2.50. The molecule has 0 N–H and O–H groups in total. The van der Waals surface area contributed by atoms with Crippen molar-refractivity contribution in [3.8, 4) is 0 Å². The summed E-state index contributed by atoms with van der Waals surface area (Å²) in [6.45, 7) is 6.05. The van der Waals surface area contributed by atoms with Crippen LogP contribution in [-0.4, -0.2) is 24.0 Å². The molecule has 1 saturated heterocycles. The zero-order valence-corrected chi connectivity index (χ0v) is 12.3. The molecule has 0 bridgehead atoms. The Morgan fingerprint density at radius 1 is 1.05 bits per heavy atom. The van der Waals surface area contributed by atoms with Crippen LogP contribution >= 0.6 is 0 Å². The quantitative estimate of drug-likeness (QED) is 0.571. The molecule has 19 heavy (non-hydrogen) atoms. The van der Waals surface area contributed by atoms with Gasteiger partial charge < -0.3 is 0 Å². The van der Waals surface area contributed by atoms with Gasteiger partial charge in [0.05, 0.1) is 0 Å². The van der Waals surface area contributed by atoms with E-state index >= 15 is 0 Å². The van der Waals surface area contributed by atoms with E-state index in [0.717, 1.165) is 6.54 Å². The Labute approximate surface area is 130 Å². The molecule has 2 aliphatic carbocycles. The second-order valence-electron chi connectivity index (χ2n) is 4.62. The monoisotopic (exact) mass is 295 g/mol. The molecule has 3 fully saturated rings. The Morgan fingerprint density at radius 3 is 2.16 bits per heavy atom. The van der Waals surface area contributed by atoms with Crippen molar-refractivity contribution in [2.45, 2.75) is 18.9 Å². The maximum Gasteiger partial charge on any atom is 2.00 e. The third kappa shape index (κ3) is 5.61. The second kappa shape index (κ2) is 10.0. The van der Waals surface area contributed by atoms with Crippen molar-refractivity contribution in [3.05, 3.63) is 76.4 Å². The van der Waals surface area contributed by atoms with E-state index in [-0.39, 0.29) is 17.1 Å². The summed E-state index contributed by atoms with van der Waals surface area (Å²) in [7, 11) is 0. The van der Waals surface area contributed by atoms with Gasteiger partial charge in [-0.2, -0.15) is 0 Å². The van der Waals surface area contributed by atoms with Gasteiger partial charge in [-0.1, -0.05) is 6.08 Å². The molecular weight excluding hydrogens is 274 g/mol. The molecule has 3 rings (SSSR count). The van der Waals surface area contributed by atoms with Crippen LogP contribution in [0.25, 0.3) is 0 Å². The third-order valence-electron chi connectivity index (χ3n) is 3.36. The van der Waals surface area contributed by atoms with E-state index in [4.69, 9.17) is 0 Å². The zero-order chi connectivity index (χ0) is 12.6. The van der Waals surface area contributed by atoms with E-state index in [0.29, 0.717) is 6.04 Å². The molecule has 1 heterocycles. The smallest absolute Gasteiger partial charge is 0.296 e. The van der Waals surface area contributed by atoms with E-state index in [2.05, 4.69) is 37.2 Å². The fourth-order valence-corrected chi connectivity index (χ4v) is 2.52. The number of nitrogens with zero attached hydrogens (tertiary/aromatic N) is 1. The molecule has 0 spiro atoms. The van der Waals surface area contributed by atoms with E-state index in [9.17, 15) is 0 Å². The Kier molecular flexibility index (Phi) is 9.11. The summed E-state index contributed by atoms with van der Waals surface area (Å²) < 4.78 is 0. The number of rotatable bonds is 3. The molecule has 2 saturated carbocycles. The molecule has 100 valence electrons. The molecule has 1 atom stereocenters. The van der Waals surface area contributed by atoms with Gasteiger partial charge in [-0.15, -0.1) is 6.58 Å². The van der Waals surface area contributed by atoms with Crippen molar-refractivity contribution >= 4 is 0 Å². The van der Waals surface area contributed by atoms with Crippen LogP contribution in [0.2, 0.25) is 0 Å². The normalized spacial score (nSPS) is 27.7. The summed E-state index contributed by atoms with van der Waals surface area (Å²) in [5, 5.41) is 0. The maximum absolute atomic E-state index is 3.80. The van der Waals surface area contributed by atoms with Gasteiger partial charge in [-0.05, 0) is 77.2 Å². The predicted octanol–water partition coefficient (Wildman–Crippen LogP) is 3.06. The summed E-state index contributed by atoms with van der Waals surface area (Å²) in [6, 6.07) is 0.646. The average Bonchev–Trinajstić information content (AvgIpc) is 3.14. The van der Waals surface area contributed by atoms with Crippen LogP contribution in [0.3, 0.4) is 0 Å². The van der Waals surface area contributed by atoms with Gasteiger partial charge in [-0.25, -0.2) is 0 Å². The molecule has 0 aromatic heterocycles. The Hall–Kier alpha value is 0.219. The minimum absolute atomic E-state index is 0. The van der Waals surface area contributed by atoms with Gasteiger partial charge in [0.25, 0.3) is 0 Å². The summed E-state index contributed by atoms with van der Waals surface area (Å²) in [5.74, 6) is 1.47. The Morgan fingerprint density at radius 2 is 1.63 bits per heavy atom. The van der Waals surface area contributed by atoms with Crippen molar-refractivity contribution in [2.75, 3.05) is 13.1 Å². The molecule has 1 nitrogen and oxygen atoms in total. The van der Waals surface area contributed by atoms with Crippen LogP contribution < -0.4 is 0 Å². The molecule has 0 unspecified atom stereocenters. The van der Waals surface area contributed by atoms with Crippen molar-refractivity contribution in [3.63, 3.8) is 0 Å². The van der Waals surface area contributed by atoms with Crippen molar-refractivity contribution in [1.82, 2.24) is 4.90 Å². The van der Waals surface area contributed by atoms with Crippen LogP contribution in [0, 0.1) is 63.7 Å². The van der Waals surface area contributed by atoms with Gasteiger partial charge in [-0.3, -0.25) is 4.90 Å². The van der Waals surface area contributed by atoms with Crippen LogP contribution in [-0.2, 0) is 17.1 Å². The molecule has 0 aromatic carbocycles. The van der Waals surface area contributed by atoms with Crippen LogP contribution in [0.5, 0.6) is 0 Å². The second-order valence-corrected chi connectivity index (χ2v) is 4.62. The Bertz CT molecular complexity index is 224. The molecule has 10 radical (unpaired) electrons. The maximum atomic E-state index is 3.80. The van der Waals surface area contributed by atoms with Crippen LogP contribution in [0.15, 0.2) is 12.7 Å². The minimum atomic E-state index is 0. The molecular formula is C17H21FeN+2. The Balaban J connectivity index is 0.000000256. The van der Waals surface area contributed by atoms with Gasteiger partial charge in [0, 0.05) is 18.5 Å². The summed E-state index contributed by atoms with van der Waals surface area (Å²) in [6.07, 6.45) is 23.3. The van der Waals surface area contributed by atoms with E-state index in [1.165, 1.54) is 25.3 Å². The van der Waals surface area contributed by atoms with Crippen molar-refractivity contribution in [1.29, 1.82) is 0 Å². The fraction of sp³-hybridized carbons (Fsp3) is 0.294. The van der Waals surface area contributed by atoms with Gasteiger partial charge in [0.2, 0.25) is 0 Å². The molecule has 0 aromatic rings. The van der Waals surface area contributed by atoms with Gasteiger partial charge in [0.1, 0.15) is 0 Å². The van der Waals surface area contributed by atoms with E-state index < -0.39 is 0 Å².